The van der Waals surface area contributed by atoms with Gasteiger partial charge in [-0.25, -0.2) is 0 Å². The molecule has 346 valence electrons. The van der Waals surface area contributed by atoms with Crippen molar-refractivity contribution in [2.45, 2.75) is 148 Å². The fraction of sp³-hybridized carbons (Fsp3) is 0.596. The van der Waals surface area contributed by atoms with Crippen molar-refractivity contribution >= 4 is 13.8 Å². The highest BCUT2D eigenvalue weighted by atomic mass is 31.2. The van der Waals surface area contributed by atoms with Crippen molar-refractivity contribution in [3.05, 3.63) is 122 Å². The van der Waals surface area contributed by atoms with Gasteiger partial charge in [-0.1, -0.05) is 155 Å². The summed E-state index contributed by atoms with van der Waals surface area (Å²) >= 11 is 0. The number of phosphoric ester groups is 1. The third kappa shape index (κ3) is 47.8. The number of nitrogens with zero attached hydrogens (tertiary/aromatic N) is 1. The molecule has 2 unspecified atom stereocenters. The van der Waals surface area contributed by atoms with E-state index in [1.165, 1.54) is 0 Å². The molecule has 0 radical (unpaired) electrons. The lowest BCUT2D eigenvalue weighted by atomic mass is 10.1. The molecular formula is C52H86NO7P. The van der Waals surface area contributed by atoms with Crippen LogP contribution in [-0.4, -0.2) is 70.7 Å². The second-order valence-corrected chi connectivity index (χ2v) is 17.4. The number of esters is 1. The van der Waals surface area contributed by atoms with Crippen molar-refractivity contribution in [1.29, 1.82) is 0 Å². The Kier molecular flexibility index (Phi) is 41.3. The summed E-state index contributed by atoms with van der Waals surface area (Å²) < 4.78 is 34.6. The Morgan fingerprint density at radius 2 is 0.902 bits per heavy atom. The van der Waals surface area contributed by atoms with Crippen molar-refractivity contribution in [3.8, 4) is 0 Å². The molecule has 0 aliphatic rings. The van der Waals surface area contributed by atoms with E-state index in [4.69, 9.17) is 18.5 Å². The quantitative estimate of drug-likeness (QED) is 0.0199. The van der Waals surface area contributed by atoms with E-state index in [0.717, 1.165) is 116 Å². The molecule has 0 aromatic carbocycles. The second kappa shape index (κ2) is 43.5. The van der Waals surface area contributed by atoms with Crippen LogP contribution in [0.25, 0.3) is 0 Å². The van der Waals surface area contributed by atoms with Gasteiger partial charge >= 0.3 is 5.97 Å². The molecule has 61 heavy (non-hydrogen) atoms. The first-order valence-electron chi connectivity index (χ1n) is 23.3. The summed E-state index contributed by atoms with van der Waals surface area (Å²) in [6, 6.07) is 0. The minimum absolute atomic E-state index is 0.00619. The molecule has 0 bridgehead atoms. The van der Waals surface area contributed by atoms with E-state index < -0.39 is 13.9 Å². The molecule has 2 atom stereocenters. The van der Waals surface area contributed by atoms with Gasteiger partial charge in [-0.05, 0) is 103 Å². The molecule has 0 aliphatic heterocycles. The van der Waals surface area contributed by atoms with Crippen molar-refractivity contribution < 1.29 is 37.3 Å². The predicted molar refractivity (Wildman–Crippen MR) is 258 cm³/mol. The highest BCUT2D eigenvalue weighted by molar-refractivity contribution is 7.45. The van der Waals surface area contributed by atoms with Gasteiger partial charge in [-0.3, -0.25) is 9.36 Å². The van der Waals surface area contributed by atoms with Crippen LogP contribution in [0.15, 0.2) is 122 Å². The van der Waals surface area contributed by atoms with Crippen LogP contribution in [0, 0.1) is 0 Å². The maximum absolute atomic E-state index is 12.7. The lowest BCUT2D eigenvalue weighted by Gasteiger charge is -2.28. The number of carbonyl (C=O) groups is 1. The second-order valence-electron chi connectivity index (χ2n) is 16.0. The summed E-state index contributed by atoms with van der Waals surface area (Å²) in [6.07, 6.45) is 62.2. The van der Waals surface area contributed by atoms with E-state index in [-0.39, 0.29) is 32.2 Å². The van der Waals surface area contributed by atoms with Gasteiger partial charge in [-0.2, -0.15) is 0 Å². The monoisotopic (exact) mass is 868 g/mol. The van der Waals surface area contributed by atoms with Crippen LogP contribution in [0.5, 0.6) is 0 Å². The van der Waals surface area contributed by atoms with Crippen LogP contribution in [-0.2, 0) is 27.9 Å². The van der Waals surface area contributed by atoms with Gasteiger partial charge in [-0.15, -0.1) is 0 Å². The van der Waals surface area contributed by atoms with Crippen molar-refractivity contribution in [2.75, 3.05) is 54.1 Å². The van der Waals surface area contributed by atoms with E-state index in [2.05, 4.69) is 135 Å². The first kappa shape index (κ1) is 57.9. The standard InChI is InChI=1S/C52H86NO7P/c1-6-8-10-12-14-16-18-20-22-24-25-26-27-28-29-30-31-33-35-37-39-41-43-45-52(54)60-51(50-59-61(55,56)58-48-46-53(3,4)5)49-57-47-44-42-40-38-36-34-32-23-21-19-17-15-13-11-9-7-2/h8-11,14-17,20-23,25-26,28-29,31,33-34,36,51H,6-7,12-13,18-19,24,27,30,32,35,37-50H2,1-5H3/b10-8-,11-9-,16-14-,17-15-,22-20-,23-21-,26-25-,29-28-,33-31-,36-34-. The molecule has 0 aromatic heterocycles. The Hall–Kier alpha value is -3.10. The van der Waals surface area contributed by atoms with Crippen LogP contribution in [0.3, 0.4) is 0 Å². The Labute approximate surface area is 373 Å². The minimum Gasteiger partial charge on any atom is -0.756 e. The molecule has 0 saturated carbocycles. The van der Waals surface area contributed by atoms with Crippen LogP contribution in [0.1, 0.15) is 142 Å². The van der Waals surface area contributed by atoms with E-state index in [9.17, 15) is 14.3 Å². The number of phosphoric acid groups is 1. The molecule has 0 amide bonds. The number of allylic oxidation sites excluding steroid dienone is 20. The summed E-state index contributed by atoms with van der Waals surface area (Å²) in [5.41, 5.74) is 0. The molecule has 0 rings (SSSR count). The number of rotatable bonds is 41. The first-order valence-corrected chi connectivity index (χ1v) is 24.7. The summed E-state index contributed by atoms with van der Waals surface area (Å²) in [6.45, 7) is 5.02. The summed E-state index contributed by atoms with van der Waals surface area (Å²) in [5.74, 6) is -0.376. The number of unbranched alkanes of at least 4 members (excludes halogenated alkanes) is 7. The zero-order valence-corrected chi connectivity index (χ0v) is 39.9. The number of hydrogen-bond donors (Lipinski definition) is 0. The van der Waals surface area contributed by atoms with Gasteiger partial charge in [0.15, 0.2) is 0 Å². The van der Waals surface area contributed by atoms with Crippen molar-refractivity contribution in [2.24, 2.45) is 0 Å². The minimum atomic E-state index is -4.55. The van der Waals surface area contributed by atoms with Crippen LogP contribution in [0.2, 0.25) is 0 Å². The number of likely N-dealkylation sites (N-methyl/N-ethyl adjacent to an activating group) is 1. The molecule has 0 aliphatic carbocycles. The Morgan fingerprint density at radius 1 is 0.508 bits per heavy atom. The zero-order chi connectivity index (χ0) is 44.8. The fourth-order valence-electron chi connectivity index (χ4n) is 5.48. The Morgan fingerprint density at radius 3 is 1.33 bits per heavy atom. The largest absolute Gasteiger partial charge is 0.756 e. The molecule has 0 aromatic rings. The average molecular weight is 868 g/mol. The van der Waals surface area contributed by atoms with E-state index in [0.29, 0.717) is 24.1 Å². The maximum Gasteiger partial charge on any atom is 0.306 e. The lowest BCUT2D eigenvalue weighted by Crippen LogP contribution is -2.37. The van der Waals surface area contributed by atoms with E-state index >= 15 is 0 Å². The number of ether oxygens (including phenoxy) is 2. The molecule has 8 nitrogen and oxygen atoms in total. The number of hydrogen-bond acceptors (Lipinski definition) is 7. The highest BCUT2D eigenvalue weighted by Gasteiger charge is 2.20. The number of quaternary nitrogens is 1. The first-order chi connectivity index (χ1) is 29.6. The number of carbonyl (C=O) groups excluding carboxylic acids is 1. The average Bonchev–Trinajstić information content (AvgIpc) is 3.22. The summed E-state index contributed by atoms with van der Waals surface area (Å²) in [5, 5.41) is 0. The third-order valence-corrected chi connectivity index (χ3v) is 9.97. The summed E-state index contributed by atoms with van der Waals surface area (Å²) in [4.78, 5) is 25.1. The molecular weight excluding hydrogens is 782 g/mol. The molecule has 0 fully saturated rings. The van der Waals surface area contributed by atoms with Gasteiger partial charge in [0.1, 0.15) is 19.3 Å². The smallest absolute Gasteiger partial charge is 0.306 e. The van der Waals surface area contributed by atoms with Crippen molar-refractivity contribution in [1.82, 2.24) is 0 Å². The SMILES string of the molecule is CC/C=C\C/C=C\C/C=C\C/C=C\C/C=C\C/C=C\CCCCCCC(=O)OC(COCCCCC/C=C\C/C=C\C/C=C\C/C=C\CC)COP(=O)([O-])OCC[N+](C)(C)C. The predicted octanol–water partition coefficient (Wildman–Crippen LogP) is 13.5. The van der Waals surface area contributed by atoms with E-state index in [1.807, 2.05) is 21.1 Å². The van der Waals surface area contributed by atoms with Crippen LogP contribution in [0.4, 0.5) is 0 Å². The van der Waals surface area contributed by atoms with Gasteiger partial charge in [0, 0.05) is 13.0 Å². The molecule has 0 saturated heterocycles. The van der Waals surface area contributed by atoms with Gasteiger partial charge < -0.3 is 27.9 Å². The lowest BCUT2D eigenvalue weighted by molar-refractivity contribution is -0.870. The van der Waals surface area contributed by atoms with Gasteiger partial charge in [0.2, 0.25) is 0 Å². The summed E-state index contributed by atoms with van der Waals surface area (Å²) in [7, 11) is 1.29. The molecule has 9 heteroatoms. The van der Waals surface area contributed by atoms with Crippen LogP contribution < -0.4 is 4.89 Å². The van der Waals surface area contributed by atoms with Crippen molar-refractivity contribution in [3.63, 3.8) is 0 Å². The van der Waals surface area contributed by atoms with Gasteiger partial charge in [0.25, 0.3) is 7.82 Å². The Bertz CT molecular complexity index is 1380. The normalized spacial score (nSPS) is 14.8. The topological polar surface area (TPSA) is 94.1 Å². The molecule has 0 heterocycles. The zero-order valence-electron chi connectivity index (χ0n) is 39.1. The molecule has 0 N–H and O–H groups in total. The Balaban J connectivity index is 4.35. The maximum atomic E-state index is 12.7. The third-order valence-electron chi connectivity index (χ3n) is 9.01. The van der Waals surface area contributed by atoms with E-state index in [1.54, 1.807) is 0 Å². The molecule has 0 spiro atoms. The highest BCUT2D eigenvalue weighted by Crippen LogP contribution is 2.38. The fourth-order valence-corrected chi connectivity index (χ4v) is 6.21. The van der Waals surface area contributed by atoms with Gasteiger partial charge in [0.05, 0.1) is 34.4 Å². The van der Waals surface area contributed by atoms with Crippen LogP contribution >= 0.6 is 7.82 Å².